The maximum Gasteiger partial charge on any atom is 0.325 e. The van der Waals surface area contributed by atoms with Gasteiger partial charge in [0.05, 0.1) is 0 Å². The molecule has 0 bridgehead atoms. The summed E-state index contributed by atoms with van der Waals surface area (Å²) in [5.41, 5.74) is 1.37. The van der Waals surface area contributed by atoms with E-state index in [2.05, 4.69) is 36.2 Å². The van der Waals surface area contributed by atoms with Crippen molar-refractivity contribution in [2.75, 3.05) is 0 Å². The monoisotopic (exact) mass is 438 g/mol. The molecule has 1 aliphatic rings. The van der Waals surface area contributed by atoms with Gasteiger partial charge in [-0.3, -0.25) is 9.69 Å². The zero-order chi connectivity index (χ0) is 22.4. The van der Waals surface area contributed by atoms with Crippen molar-refractivity contribution in [2.24, 2.45) is 0 Å². The Kier molecular flexibility index (Phi) is 5.09. The van der Waals surface area contributed by atoms with Crippen molar-refractivity contribution in [1.29, 1.82) is 0 Å². The molecule has 4 rings (SSSR count). The van der Waals surface area contributed by atoms with Gasteiger partial charge in [0.2, 0.25) is 11.7 Å². The topological polar surface area (TPSA) is 88.3 Å². The number of rotatable bonds is 4. The normalized spacial score (nSPS) is 19.1. The summed E-state index contributed by atoms with van der Waals surface area (Å²) in [7, 11) is 0. The lowest BCUT2D eigenvalue weighted by molar-refractivity contribution is -0.131. The Labute approximate surface area is 185 Å². The molecule has 0 unspecified atom stereocenters. The van der Waals surface area contributed by atoms with Crippen molar-refractivity contribution >= 4 is 23.5 Å². The Hall–Kier alpha value is -3.19. The lowest BCUT2D eigenvalue weighted by atomic mass is 9.84. The summed E-state index contributed by atoms with van der Waals surface area (Å²) in [6, 6.07) is 14.3. The maximum absolute atomic E-state index is 13.2. The van der Waals surface area contributed by atoms with Gasteiger partial charge in [-0.05, 0) is 35.6 Å². The first kappa shape index (κ1) is 21.1. The van der Waals surface area contributed by atoms with E-state index in [1.54, 1.807) is 31.2 Å². The molecule has 31 heavy (non-hydrogen) atoms. The molecule has 3 aromatic rings. The quantitative estimate of drug-likeness (QED) is 0.599. The number of hydrogen-bond acceptors (Lipinski definition) is 5. The van der Waals surface area contributed by atoms with Gasteiger partial charge in [-0.2, -0.15) is 4.98 Å². The Morgan fingerprint density at radius 1 is 1.13 bits per heavy atom. The highest BCUT2D eigenvalue weighted by molar-refractivity contribution is 6.30. The van der Waals surface area contributed by atoms with E-state index in [-0.39, 0.29) is 23.8 Å². The Morgan fingerprint density at radius 2 is 1.84 bits per heavy atom. The fourth-order valence-electron chi connectivity index (χ4n) is 3.54. The van der Waals surface area contributed by atoms with Gasteiger partial charge in [-0.1, -0.05) is 73.9 Å². The number of imide groups is 1. The molecule has 0 spiro atoms. The highest BCUT2D eigenvalue weighted by Crippen LogP contribution is 2.32. The summed E-state index contributed by atoms with van der Waals surface area (Å²) in [5, 5.41) is 7.28. The summed E-state index contributed by atoms with van der Waals surface area (Å²) in [4.78, 5) is 31.2. The second-order valence-electron chi connectivity index (χ2n) is 8.80. The van der Waals surface area contributed by atoms with Crippen LogP contribution in [0, 0.1) is 0 Å². The van der Waals surface area contributed by atoms with Crippen LogP contribution in [0.5, 0.6) is 0 Å². The van der Waals surface area contributed by atoms with Crippen molar-refractivity contribution in [3.05, 3.63) is 70.6 Å². The molecule has 2 aromatic carbocycles. The number of carbonyl (C=O) groups excluding carboxylic acids is 2. The Morgan fingerprint density at radius 3 is 2.48 bits per heavy atom. The van der Waals surface area contributed by atoms with E-state index in [9.17, 15) is 9.59 Å². The number of nitrogens with one attached hydrogen (secondary N) is 1. The zero-order valence-corrected chi connectivity index (χ0v) is 18.5. The number of aromatic nitrogens is 2. The molecule has 2 heterocycles. The van der Waals surface area contributed by atoms with Crippen LogP contribution >= 0.6 is 11.6 Å². The van der Waals surface area contributed by atoms with E-state index in [0.29, 0.717) is 22.0 Å². The largest absolute Gasteiger partial charge is 0.337 e. The summed E-state index contributed by atoms with van der Waals surface area (Å²) in [5.74, 6) is 0.124. The van der Waals surface area contributed by atoms with Crippen molar-refractivity contribution < 1.29 is 14.1 Å². The molecule has 1 atom stereocenters. The minimum absolute atomic E-state index is 0.00690. The van der Waals surface area contributed by atoms with Gasteiger partial charge in [0, 0.05) is 10.6 Å². The third-order valence-corrected chi connectivity index (χ3v) is 5.68. The fraction of sp³-hybridized carbons (Fsp3) is 0.304. The van der Waals surface area contributed by atoms with E-state index in [4.69, 9.17) is 16.1 Å². The van der Waals surface area contributed by atoms with Crippen LogP contribution < -0.4 is 5.32 Å². The first-order chi connectivity index (χ1) is 14.6. The van der Waals surface area contributed by atoms with Gasteiger partial charge in [0.1, 0.15) is 12.1 Å². The number of nitrogens with zero attached hydrogens (tertiary/aromatic N) is 3. The van der Waals surface area contributed by atoms with Crippen LogP contribution in [0.15, 0.2) is 53.1 Å². The molecular formula is C23H23ClN4O3. The molecule has 1 N–H and O–H groups in total. The van der Waals surface area contributed by atoms with Gasteiger partial charge in [0.15, 0.2) is 0 Å². The predicted octanol–water partition coefficient (Wildman–Crippen LogP) is 4.65. The van der Waals surface area contributed by atoms with Gasteiger partial charge in [0.25, 0.3) is 5.91 Å². The Balaban J connectivity index is 1.55. The van der Waals surface area contributed by atoms with Crippen LogP contribution in [-0.2, 0) is 22.3 Å². The van der Waals surface area contributed by atoms with Crippen LogP contribution in [0.3, 0.4) is 0 Å². The molecular weight excluding hydrogens is 416 g/mol. The van der Waals surface area contributed by atoms with E-state index in [1.807, 2.05) is 24.3 Å². The smallest absolute Gasteiger partial charge is 0.325 e. The van der Waals surface area contributed by atoms with Crippen molar-refractivity contribution in [3.63, 3.8) is 0 Å². The molecule has 0 radical (unpaired) electrons. The van der Waals surface area contributed by atoms with Crippen LogP contribution in [0.2, 0.25) is 5.02 Å². The zero-order valence-electron chi connectivity index (χ0n) is 17.8. The SMILES string of the molecule is CC(C)(C)c1ccc([C@]2(C)NC(=O)N(Cc3nc(-c4cccc(Cl)c4)no3)C2=O)cc1. The average molecular weight is 439 g/mol. The third kappa shape index (κ3) is 3.93. The molecule has 7 nitrogen and oxygen atoms in total. The molecule has 1 aliphatic heterocycles. The number of hydrogen-bond donors (Lipinski definition) is 1. The molecule has 1 fully saturated rings. The molecule has 0 saturated carbocycles. The number of halogens is 1. The van der Waals surface area contributed by atoms with E-state index in [0.717, 1.165) is 10.5 Å². The van der Waals surface area contributed by atoms with Crippen LogP contribution in [0.25, 0.3) is 11.4 Å². The number of urea groups is 1. The number of benzene rings is 2. The summed E-state index contributed by atoms with van der Waals surface area (Å²) in [6.07, 6.45) is 0. The average Bonchev–Trinajstić information content (AvgIpc) is 3.27. The maximum atomic E-state index is 13.2. The molecule has 1 aromatic heterocycles. The standard InChI is InChI=1S/C23H23ClN4O3/c1-22(2,3)15-8-10-16(11-9-15)23(4)20(29)28(21(30)26-23)13-18-25-19(27-31-18)14-6-5-7-17(24)12-14/h5-12H,13H2,1-4H3,(H,26,30)/t23-/m0/s1. The Bertz CT molecular complexity index is 1150. The van der Waals surface area contributed by atoms with Crippen molar-refractivity contribution in [1.82, 2.24) is 20.4 Å². The van der Waals surface area contributed by atoms with Crippen LogP contribution in [0.4, 0.5) is 4.79 Å². The highest BCUT2D eigenvalue weighted by Gasteiger charge is 2.49. The summed E-state index contributed by atoms with van der Waals surface area (Å²) >= 11 is 6.01. The number of amides is 3. The van der Waals surface area contributed by atoms with Crippen molar-refractivity contribution in [2.45, 2.75) is 45.2 Å². The van der Waals surface area contributed by atoms with Crippen LogP contribution in [-0.4, -0.2) is 27.0 Å². The minimum Gasteiger partial charge on any atom is -0.337 e. The van der Waals surface area contributed by atoms with E-state index >= 15 is 0 Å². The molecule has 0 aliphatic carbocycles. The van der Waals surface area contributed by atoms with Gasteiger partial charge >= 0.3 is 6.03 Å². The van der Waals surface area contributed by atoms with E-state index < -0.39 is 11.6 Å². The molecule has 160 valence electrons. The minimum atomic E-state index is -1.16. The van der Waals surface area contributed by atoms with Gasteiger partial charge in [-0.25, -0.2) is 4.79 Å². The second kappa shape index (κ2) is 7.50. The molecule has 8 heteroatoms. The number of carbonyl (C=O) groups is 2. The van der Waals surface area contributed by atoms with Crippen molar-refractivity contribution in [3.8, 4) is 11.4 Å². The fourth-order valence-corrected chi connectivity index (χ4v) is 3.73. The lowest BCUT2D eigenvalue weighted by Gasteiger charge is -2.24. The highest BCUT2D eigenvalue weighted by atomic mass is 35.5. The second-order valence-corrected chi connectivity index (χ2v) is 9.23. The lowest BCUT2D eigenvalue weighted by Crippen LogP contribution is -2.40. The first-order valence-corrected chi connectivity index (χ1v) is 10.3. The third-order valence-electron chi connectivity index (χ3n) is 5.45. The molecule has 3 amide bonds. The first-order valence-electron chi connectivity index (χ1n) is 9.91. The summed E-state index contributed by atoms with van der Waals surface area (Å²) in [6.45, 7) is 7.94. The van der Waals surface area contributed by atoms with Gasteiger partial charge in [-0.15, -0.1) is 0 Å². The van der Waals surface area contributed by atoms with Crippen LogP contribution in [0.1, 0.15) is 44.7 Å². The van der Waals surface area contributed by atoms with Gasteiger partial charge < -0.3 is 9.84 Å². The van der Waals surface area contributed by atoms with E-state index in [1.165, 1.54) is 0 Å². The summed E-state index contributed by atoms with van der Waals surface area (Å²) < 4.78 is 5.27. The molecule has 1 saturated heterocycles. The predicted molar refractivity (Wildman–Crippen MR) is 116 cm³/mol.